The van der Waals surface area contributed by atoms with Gasteiger partial charge < -0.3 is 5.73 Å². The van der Waals surface area contributed by atoms with Crippen molar-refractivity contribution >= 4 is 15.9 Å². The maximum absolute atomic E-state index is 6.26. The van der Waals surface area contributed by atoms with Crippen LogP contribution in [0.2, 0.25) is 0 Å². The van der Waals surface area contributed by atoms with Crippen molar-refractivity contribution in [1.29, 1.82) is 0 Å². The van der Waals surface area contributed by atoms with E-state index in [0.717, 1.165) is 29.4 Å². The number of aromatic nitrogens is 2. The van der Waals surface area contributed by atoms with Gasteiger partial charge in [-0.15, -0.1) is 0 Å². The smallest absolute Gasteiger partial charge is 0.0766 e. The minimum absolute atomic E-state index is 0.110. The minimum atomic E-state index is 0.110. The first-order valence-corrected chi connectivity index (χ1v) is 7.40. The molecule has 1 atom stereocenters. The third-order valence-corrected chi connectivity index (χ3v) is 4.21. The Morgan fingerprint density at radius 3 is 2.53 bits per heavy atom. The number of aryl methyl sites for hydroxylation is 2. The van der Waals surface area contributed by atoms with Crippen LogP contribution in [0.25, 0.3) is 0 Å². The average Bonchev–Trinajstić information content (AvgIpc) is 2.67. The summed E-state index contributed by atoms with van der Waals surface area (Å²) in [6.07, 6.45) is 2.65. The molecule has 4 heteroatoms. The molecule has 0 aliphatic heterocycles. The molecule has 0 bridgehead atoms. The number of nitrogens with two attached hydrogens (primary N) is 1. The molecule has 1 unspecified atom stereocenters. The Kier molecular flexibility index (Phi) is 4.77. The lowest BCUT2D eigenvalue weighted by Gasteiger charge is -2.12. The van der Waals surface area contributed by atoms with Gasteiger partial charge in [-0.1, -0.05) is 37.3 Å². The van der Waals surface area contributed by atoms with Crippen LogP contribution in [0.4, 0.5) is 0 Å². The molecule has 1 heterocycles. The van der Waals surface area contributed by atoms with Gasteiger partial charge in [-0.2, -0.15) is 5.10 Å². The zero-order valence-corrected chi connectivity index (χ0v) is 13.0. The van der Waals surface area contributed by atoms with Gasteiger partial charge in [0.25, 0.3) is 0 Å². The number of nitrogens with zero attached hydrogens (tertiary/aromatic N) is 2. The highest BCUT2D eigenvalue weighted by Gasteiger charge is 2.15. The van der Waals surface area contributed by atoms with Gasteiger partial charge in [0.15, 0.2) is 0 Å². The summed E-state index contributed by atoms with van der Waals surface area (Å²) in [5.41, 5.74) is 9.83. The summed E-state index contributed by atoms with van der Waals surface area (Å²) in [6, 6.07) is 10.5. The molecule has 102 valence electrons. The summed E-state index contributed by atoms with van der Waals surface area (Å²) in [4.78, 5) is 0. The second kappa shape index (κ2) is 6.35. The lowest BCUT2D eigenvalue weighted by atomic mass is 10.0. The van der Waals surface area contributed by atoms with Crippen molar-refractivity contribution < 1.29 is 0 Å². The number of benzene rings is 1. The Morgan fingerprint density at radius 2 is 1.95 bits per heavy atom. The van der Waals surface area contributed by atoms with Crippen LogP contribution < -0.4 is 5.73 Å². The quantitative estimate of drug-likeness (QED) is 0.920. The molecule has 1 aromatic carbocycles. The lowest BCUT2D eigenvalue weighted by molar-refractivity contribution is 0.610. The van der Waals surface area contributed by atoms with Gasteiger partial charge in [0.05, 0.1) is 15.9 Å². The van der Waals surface area contributed by atoms with E-state index in [1.54, 1.807) is 0 Å². The number of hydrogen-bond donors (Lipinski definition) is 1. The van der Waals surface area contributed by atoms with E-state index in [1.165, 1.54) is 11.3 Å². The first-order valence-electron chi connectivity index (χ1n) is 6.61. The third-order valence-electron chi connectivity index (χ3n) is 3.30. The van der Waals surface area contributed by atoms with Crippen LogP contribution in [-0.2, 0) is 26.3 Å². The molecule has 0 aliphatic carbocycles. The second-order valence-corrected chi connectivity index (χ2v) is 5.63. The maximum Gasteiger partial charge on any atom is 0.0766 e. The number of hydrogen-bond acceptors (Lipinski definition) is 2. The first kappa shape index (κ1) is 14.3. The molecule has 19 heavy (non-hydrogen) atoms. The van der Waals surface area contributed by atoms with E-state index >= 15 is 0 Å². The van der Waals surface area contributed by atoms with Crippen molar-refractivity contribution in [3.8, 4) is 0 Å². The first-order chi connectivity index (χ1) is 9.11. The molecule has 0 amide bonds. The van der Waals surface area contributed by atoms with E-state index < -0.39 is 0 Å². The predicted octanol–water partition coefficient (Wildman–Crippen LogP) is 2.86. The van der Waals surface area contributed by atoms with E-state index in [-0.39, 0.29) is 6.04 Å². The van der Waals surface area contributed by atoms with Crippen molar-refractivity contribution in [2.75, 3.05) is 0 Å². The Bertz CT molecular complexity index is 534. The van der Waals surface area contributed by atoms with Crippen molar-refractivity contribution in [2.24, 2.45) is 12.8 Å². The molecule has 2 aromatic rings. The van der Waals surface area contributed by atoms with Gasteiger partial charge >= 0.3 is 0 Å². The highest BCUT2D eigenvalue weighted by molar-refractivity contribution is 9.10. The van der Waals surface area contributed by atoms with Gasteiger partial charge in [0.1, 0.15) is 0 Å². The van der Waals surface area contributed by atoms with Crippen LogP contribution in [0.5, 0.6) is 0 Å². The normalized spacial score (nSPS) is 12.6. The summed E-state index contributed by atoms with van der Waals surface area (Å²) in [7, 11) is 1.98. The van der Waals surface area contributed by atoms with E-state index in [0.29, 0.717) is 0 Å². The summed E-state index contributed by atoms with van der Waals surface area (Å²) in [5, 5.41) is 4.50. The van der Waals surface area contributed by atoms with Crippen LogP contribution in [0.3, 0.4) is 0 Å². The van der Waals surface area contributed by atoms with Crippen LogP contribution in [0.15, 0.2) is 34.8 Å². The topological polar surface area (TPSA) is 43.8 Å². The van der Waals surface area contributed by atoms with E-state index in [9.17, 15) is 0 Å². The molecule has 0 fully saturated rings. The molecule has 3 nitrogen and oxygen atoms in total. The van der Waals surface area contributed by atoms with Gasteiger partial charge in [0, 0.05) is 19.5 Å². The highest BCUT2D eigenvalue weighted by Crippen LogP contribution is 2.23. The summed E-state index contributed by atoms with van der Waals surface area (Å²) >= 11 is 3.64. The average molecular weight is 322 g/mol. The fourth-order valence-electron chi connectivity index (χ4n) is 2.28. The Balaban J connectivity index is 2.07. The van der Waals surface area contributed by atoms with Crippen molar-refractivity contribution in [3.05, 3.63) is 51.8 Å². The largest absolute Gasteiger partial charge is 0.327 e. The van der Waals surface area contributed by atoms with Crippen LogP contribution in [-0.4, -0.2) is 15.8 Å². The molecule has 0 saturated carbocycles. The Hall–Kier alpha value is -1.13. The predicted molar refractivity (Wildman–Crippen MR) is 82.1 cm³/mol. The summed E-state index contributed by atoms with van der Waals surface area (Å²) in [6.45, 7) is 2.11. The van der Waals surface area contributed by atoms with Crippen molar-refractivity contribution in [1.82, 2.24) is 9.78 Å². The molecule has 0 spiro atoms. The van der Waals surface area contributed by atoms with E-state index in [2.05, 4.69) is 52.2 Å². The molecule has 0 saturated heterocycles. The Labute approximate surface area is 122 Å². The molecular formula is C15H20BrN3. The standard InChI is InChI=1S/C15H20BrN3/c1-3-13-15(16)14(19(2)18-13)10-12(17)9-11-7-5-4-6-8-11/h4-8,12H,3,9-10,17H2,1-2H3. The minimum Gasteiger partial charge on any atom is -0.327 e. The second-order valence-electron chi connectivity index (χ2n) is 4.84. The summed E-state index contributed by atoms with van der Waals surface area (Å²) < 4.78 is 3.05. The molecule has 0 aliphatic rings. The molecule has 0 radical (unpaired) electrons. The van der Waals surface area contributed by atoms with Gasteiger partial charge in [-0.25, -0.2) is 0 Å². The van der Waals surface area contributed by atoms with Crippen molar-refractivity contribution in [2.45, 2.75) is 32.2 Å². The zero-order valence-electron chi connectivity index (χ0n) is 11.4. The van der Waals surface area contributed by atoms with E-state index in [4.69, 9.17) is 5.73 Å². The molecule has 2 N–H and O–H groups in total. The molecule has 2 rings (SSSR count). The van der Waals surface area contributed by atoms with Crippen molar-refractivity contribution in [3.63, 3.8) is 0 Å². The fourth-order valence-corrected chi connectivity index (χ4v) is 3.06. The Morgan fingerprint density at radius 1 is 1.26 bits per heavy atom. The fraction of sp³-hybridized carbons (Fsp3) is 0.400. The lowest BCUT2D eigenvalue weighted by Crippen LogP contribution is -2.26. The van der Waals surface area contributed by atoms with E-state index in [1.807, 2.05) is 17.8 Å². The molecule has 1 aromatic heterocycles. The van der Waals surface area contributed by atoms with Crippen LogP contribution in [0.1, 0.15) is 23.9 Å². The maximum atomic E-state index is 6.26. The highest BCUT2D eigenvalue weighted by atomic mass is 79.9. The van der Waals surface area contributed by atoms with Gasteiger partial charge in [0.2, 0.25) is 0 Å². The summed E-state index contributed by atoms with van der Waals surface area (Å²) in [5.74, 6) is 0. The number of rotatable bonds is 5. The zero-order chi connectivity index (χ0) is 13.8. The number of halogens is 1. The van der Waals surface area contributed by atoms with Crippen LogP contribution in [0, 0.1) is 0 Å². The monoisotopic (exact) mass is 321 g/mol. The SMILES string of the molecule is CCc1nn(C)c(CC(N)Cc2ccccc2)c1Br. The van der Waals surface area contributed by atoms with Crippen LogP contribution >= 0.6 is 15.9 Å². The van der Waals surface area contributed by atoms with Gasteiger partial charge in [-0.3, -0.25) is 4.68 Å². The third kappa shape index (κ3) is 3.45. The molecular weight excluding hydrogens is 302 g/mol. The van der Waals surface area contributed by atoms with Gasteiger partial charge in [-0.05, 0) is 34.3 Å².